The van der Waals surface area contributed by atoms with Gasteiger partial charge in [0.2, 0.25) is 41.4 Å². The topological polar surface area (TPSA) is 338 Å². The number of hydrogen-bond donors (Lipinski definition) is 10. The van der Waals surface area contributed by atoms with Crippen LogP contribution >= 0.6 is 0 Å². The zero-order valence-corrected chi connectivity index (χ0v) is 43.0. The minimum atomic E-state index is -2.19. The molecule has 5 rings (SSSR count). The van der Waals surface area contributed by atoms with E-state index in [-0.39, 0.29) is 24.2 Å². The molecule has 3 heterocycles. The summed E-state index contributed by atoms with van der Waals surface area (Å²) in [5, 5.41) is 58.3. The molecule has 10 N–H and O–H groups in total. The second kappa shape index (κ2) is 26.8. The molecule has 3 aliphatic rings. The number of aliphatic hydroxyl groups is 4. The fraction of sp³-hybridized carbons (Fsp3) is 0.549. The average Bonchev–Trinajstić information content (AvgIpc) is 3.37. The fourth-order valence-electron chi connectivity index (χ4n) is 7.92. The predicted molar refractivity (Wildman–Crippen MR) is 264 cm³/mol. The van der Waals surface area contributed by atoms with Gasteiger partial charge in [0.25, 0.3) is 0 Å². The summed E-state index contributed by atoms with van der Waals surface area (Å²) in [6.07, 6.45) is -3.96. The number of nitrogens with zero attached hydrogens (tertiary/aromatic N) is 1. The molecular weight excluding hydrogens is 967 g/mol. The summed E-state index contributed by atoms with van der Waals surface area (Å²) < 4.78 is 16.9. The molecule has 23 nitrogen and oxygen atoms in total. The third-order valence-corrected chi connectivity index (χ3v) is 13.2. The highest BCUT2D eigenvalue weighted by atomic mass is 16.6. The number of esters is 2. The first-order valence-corrected chi connectivity index (χ1v) is 24.4. The first-order chi connectivity index (χ1) is 34.8. The van der Waals surface area contributed by atoms with Gasteiger partial charge >= 0.3 is 11.9 Å². The Morgan fingerprint density at radius 1 is 0.824 bits per heavy atom. The SMILES string of the molecule is CC[C@H](C)[C@H]1NC(=O)[C@@H](NC(=O)[C@H](C)[C@H](O)C(C)C)[C@@H](C)OC(=O)[C@@H]2COC(=O)CNC(=O)/C=C/[C@](O)(CO)[C@@H](C)Oc3ccc(cc3)[C@H](NC1=O)C(=O)N(C)[C@@H](Cc1ccccc1)C(=O)N[C@H]([C@@H](C)O)C(=O)N2. The number of fused-ring (bicyclic) bond motifs is 11. The zero-order chi connectivity index (χ0) is 55.2. The van der Waals surface area contributed by atoms with Crippen LogP contribution in [0.5, 0.6) is 5.75 Å². The zero-order valence-electron chi connectivity index (χ0n) is 43.0. The minimum Gasteiger partial charge on any atom is -0.487 e. The number of ether oxygens (including phenoxy) is 3. The maximum Gasteiger partial charge on any atom is 0.332 e. The Hall–Kier alpha value is -6.95. The van der Waals surface area contributed by atoms with Crippen LogP contribution in [0.4, 0.5) is 0 Å². The molecule has 406 valence electrons. The van der Waals surface area contributed by atoms with E-state index in [1.54, 1.807) is 58.0 Å². The lowest BCUT2D eigenvalue weighted by atomic mass is 9.93. The number of carbonyl (C=O) groups is 9. The van der Waals surface area contributed by atoms with Crippen LogP contribution in [0.15, 0.2) is 66.7 Å². The van der Waals surface area contributed by atoms with Gasteiger partial charge in [-0.2, -0.15) is 0 Å². The van der Waals surface area contributed by atoms with Crippen molar-refractivity contribution in [2.24, 2.45) is 17.8 Å². The summed E-state index contributed by atoms with van der Waals surface area (Å²) in [6, 6.07) is 3.76. The van der Waals surface area contributed by atoms with Gasteiger partial charge in [0.15, 0.2) is 6.04 Å². The van der Waals surface area contributed by atoms with E-state index in [2.05, 4.69) is 31.9 Å². The Labute approximate surface area is 429 Å². The van der Waals surface area contributed by atoms with Crippen molar-refractivity contribution in [2.75, 3.05) is 26.8 Å². The molecule has 3 aliphatic heterocycles. The standard InChI is InChI=1S/C51H71N7O16/c1-10-27(4)39-46(66)57-42-33-16-18-34(19-17-33)74-31(8)51(71,25-59)21-20-37(61)52-23-38(62)72-24-35(50(70)73-30(7)41(48(68)54-39)56-44(64)28(5)43(63)26(2)3)53-47(67)40(29(6)60)55-45(65)36(58(9)49(42)69)22-32-14-12-11-13-15-32/h11-21,26-31,35-36,39-43,59-60,63,71H,10,22-25H2,1-9H3,(H,52,61)(H,53,67)(H,54,68)(H,55,65)(H,56,64)(H,57,66)/b21-20+/t27-,28+,29+,30+,31+,35-,36-,39+,40+,41-,42-,43+,51-/m0/s1. The summed E-state index contributed by atoms with van der Waals surface area (Å²) >= 11 is 0. The van der Waals surface area contributed by atoms with Crippen molar-refractivity contribution in [1.29, 1.82) is 0 Å². The maximum atomic E-state index is 15.1. The number of rotatable bonds is 10. The third-order valence-electron chi connectivity index (χ3n) is 13.2. The molecule has 1 fully saturated rings. The van der Waals surface area contributed by atoms with Crippen LogP contribution in [-0.4, -0.2) is 166 Å². The smallest absolute Gasteiger partial charge is 0.332 e. The summed E-state index contributed by atoms with van der Waals surface area (Å²) in [5.74, 6) is -11.6. The molecule has 0 aromatic heterocycles. The second-order valence-electron chi connectivity index (χ2n) is 19.1. The molecular formula is C51H71N7O16. The third kappa shape index (κ3) is 15.8. The average molecular weight is 1040 g/mol. The highest BCUT2D eigenvalue weighted by Gasteiger charge is 2.42. The molecule has 4 bridgehead atoms. The summed E-state index contributed by atoms with van der Waals surface area (Å²) in [7, 11) is 1.28. The van der Waals surface area contributed by atoms with Crippen molar-refractivity contribution in [2.45, 2.75) is 134 Å². The molecule has 0 aliphatic carbocycles. The van der Waals surface area contributed by atoms with Gasteiger partial charge in [-0.3, -0.25) is 38.4 Å². The molecule has 0 spiro atoms. The summed E-state index contributed by atoms with van der Waals surface area (Å²) in [5.41, 5.74) is -1.53. The number of amides is 7. The van der Waals surface area contributed by atoms with Crippen molar-refractivity contribution in [3.05, 3.63) is 77.9 Å². The lowest BCUT2D eigenvalue weighted by molar-refractivity contribution is -0.160. The Bertz CT molecular complexity index is 2350. The molecule has 2 aromatic carbocycles. The first-order valence-electron chi connectivity index (χ1n) is 24.4. The van der Waals surface area contributed by atoms with Crippen molar-refractivity contribution < 1.29 is 77.8 Å². The van der Waals surface area contributed by atoms with Crippen LogP contribution in [0.3, 0.4) is 0 Å². The van der Waals surface area contributed by atoms with Crippen LogP contribution in [0, 0.1) is 17.8 Å². The fourth-order valence-corrected chi connectivity index (χ4v) is 7.92. The summed E-state index contributed by atoms with van der Waals surface area (Å²) in [4.78, 5) is 128. The molecule has 7 amide bonds. The highest BCUT2D eigenvalue weighted by molar-refractivity contribution is 5.98. The number of aliphatic hydroxyl groups excluding tert-OH is 3. The summed E-state index contributed by atoms with van der Waals surface area (Å²) in [6.45, 7) is 9.05. The van der Waals surface area contributed by atoms with Gasteiger partial charge in [-0.25, -0.2) is 4.79 Å². The number of cyclic esters (lactones) is 1. The second-order valence-corrected chi connectivity index (χ2v) is 19.1. The van der Waals surface area contributed by atoms with Gasteiger partial charge in [0.1, 0.15) is 66.9 Å². The number of benzene rings is 2. The van der Waals surface area contributed by atoms with Crippen LogP contribution in [0.2, 0.25) is 0 Å². The quantitative estimate of drug-likeness (QED) is 0.122. The van der Waals surface area contributed by atoms with Gasteiger partial charge in [-0.15, -0.1) is 0 Å². The molecule has 1 saturated heterocycles. The van der Waals surface area contributed by atoms with E-state index in [4.69, 9.17) is 14.2 Å². The van der Waals surface area contributed by atoms with E-state index < -0.39 is 157 Å². The van der Waals surface area contributed by atoms with E-state index in [0.29, 0.717) is 5.56 Å². The first kappa shape index (κ1) is 59.6. The Morgan fingerprint density at radius 3 is 2.04 bits per heavy atom. The predicted octanol–water partition coefficient (Wildman–Crippen LogP) is -1.40. The number of hydrogen-bond acceptors (Lipinski definition) is 16. The van der Waals surface area contributed by atoms with Crippen molar-refractivity contribution in [3.8, 4) is 5.75 Å². The Kier molecular flexibility index (Phi) is 21.6. The Morgan fingerprint density at radius 2 is 1.45 bits per heavy atom. The lowest BCUT2D eigenvalue weighted by Crippen LogP contribution is -2.61. The van der Waals surface area contributed by atoms with Crippen molar-refractivity contribution in [1.82, 2.24) is 36.8 Å². The molecule has 13 atom stereocenters. The van der Waals surface area contributed by atoms with E-state index in [0.717, 1.165) is 24.0 Å². The molecule has 2 aromatic rings. The Balaban J connectivity index is 2.03. The van der Waals surface area contributed by atoms with Crippen molar-refractivity contribution in [3.63, 3.8) is 0 Å². The van der Waals surface area contributed by atoms with Gasteiger partial charge in [-0.1, -0.05) is 83.5 Å². The van der Waals surface area contributed by atoms with E-state index in [1.165, 1.54) is 52.1 Å². The highest BCUT2D eigenvalue weighted by Crippen LogP contribution is 2.26. The van der Waals surface area contributed by atoms with E-state index in [9.17, 15) is 58.8 Å². The molecule has 0 saturated carbocycles. The number of carbonyl (C=O) groups excluding carboxylic acids is 9. The van der Waals surface area contributed by atoms with Gasteiger partial charge in [0.05, 0.1) is 24.7 Å². The van der Waals surface area contributed by atoms with Gasteiger partial charge in [-0.05, 0) is 61.9 Å². The number of likely N-dealkylation sites (N-methyl/N-ethyl adjacent to an activating group) is 1. The molecule has 23 heteroatoms. The minimum absolute atomic E-state index is 0.0801. The molecule has 0 unspecified atom stereocenters. The monoisotopic (exact) mass is 1040 g/mol. The molecule has 0 radical (unpaired) electrons. The van der Waals surface area contributed by atoms with Crippen molar-refractivity contribution >= 4 is 53.3 Å². The lowest BCUT2D eigenvalue weighted by Gasteiger charge is -2.34. The van der Waals surface area contributed by atoms with Crippen LogP contribution in [-0.2, 0) is 59.0 Å². The normalized spacial score (nSPS) is 28.5. The van der Waals surface area contributed by atoms with E-state index in [1.807, 2.05) is 0 Å². The van der Waals surface area contributed by atoms with Crippen LogP contribution in [0.1, 0.15) is 79.0 Å². The van der Waals surface area contributed by atoms with Crippen LogP contribution in [0.25, 0.3) is 0 Å². The maximum absolute atomic E-state index is 15.1. The van der Waals surface area contributed by atoms with Gasteiger partial charge < -0.3 is 71.4 Å². The number of nitrogens with one attached hydrogen (secondary N) is 6. The van der Waals surface area contributed by atoms with Crippen LogP contribution < -0.4 is 36.6 Å². The van der Waals surface area contributed by atoms with Gasteiger partial charge in [0, 0.05) is 19.5 Å². The van der Waals surface area contributed by atoms with E-state index >= 15 is 4.79 Å². The molecule has 74 heavy (non-hydrogen) atoms. The largest absolute Gasteiger partial charge is 0.487 e.